The zero-order valence-electron chi connectivity index (χ0n) is 9.01. The van der Waals surface area contributed by atoms with Crippen molar-refractivity contribution in [3.8, 4) is 0 Å². The topological polar surface area (TPSA) is 58.4 Å². The summed E-state index contributed by atoms with van der Waals surface area (Å²) >= 11 is 4.26. The number of hydrogen-bond acceptors (Lipinski definition) is 4. The molecule has 1 heterocycles. The third-order valence-corrected chi connectivity index (χ3v) is 2.85. The number of carboxylic acid groups (broad SMARTS) is 1. The quantitative estimate of drug-likeness (QED) is 0.727. The Balaban J connectivity index is 2.83. The monoisotopic (exact) mass is 229 g/mol. The highest BCUT2D eigenvalue weighted by Gasteiger charge is 2.22. The molecule has 1 unspecified atom stereocenters. The number of rotatable bonds is 4. The summed E-state index contributed by atoms with van der Waals surface area (Å²) in [6.07, 6.45) is 1.99. The molecule has 0 aliphatic rings. The van der Waals surface area contributed by atoms with Crippen LogP contribution in [0, 0.1) is 0 Å². The SMILES string of the molecule is CN(C)C(Cc1ncn(C)c1S)C(=O)O. The van der Waals surface area contributed by atoms with Gasteiger partial charge < -0.3 is 9.67 Å². The molecule has 0 aliphatic heterocycles. The van der Waals surface area contributed by atoms with Gasteiger partial charge in [-0.3, -0.25) is 9.69 Å². The second-order valence-corrected chi connectivity index (χ2v) is 4.07. The molecule has 1 aromatic rings. The summed E-state index contributed by atoms with van der Waals surface area (Å²) in [6, 6.07) is -0.564. The van der Waals surface area contributed by atoms with Crippen LogP contribution in [-0.4, -0.2) is 45.7 Å². The molecule has 0 aliphatic carbocycles. The molecule has 0 saturated carbocycles. The molecule has 6 heteroatoms. The Morgan fingerprint density at radius 1 is 1.73 bits per heavy atom. The second-order valence-electron chi connectivity index (χ2n) is 3.65. The minimum atomic E-state index is -0.849. The first-order valence-corrected chi connectivity index (χ1v) is 4.96. The van der Waals surface area contributed by atoms with Crippen molar-refractivity contribution >= 4 is 18.6 Å². The summed E-state index contributed by atoms with van der Waals surface area (Å²) in [7, 11) is 5.30. The molecule has 1 N–H and O–H groups in total. The molecule has 0 spiro atoms. The molecule has 0 fully saturated rings. The van der Waals surface area contributed by atoms with Gasteiger partial charge in [0.25, 0.3) is 0 Å². The molecule has 0 amide bonds. The first-order chi connectivity index (χ1) is 6.93. The van der Waals surface area contributed by atoms with E-state index < -0.39 is 12.0 Å². The highest BCUT2D eigenvalue weighted by molar-refractivity contribution is 7.80. The Morgan fingerprint density at radius 3 is 2.67 bits per heavy atom. The number of likely N-dealkylation sites (N-methyl/N-ethyl adjacent to an activating group) is 1. The summed E-state index contributed by atoms with van der Waals surface area (Å²) in [5, 5.41) is 9.71. The van der Waals surface area contributed by atoms with Gasteiger partial charge in [-0.15, -0.1) is 12.6 Å². The van der Waals surface area contributed by atoms with Crippen molar-refractivity contribution in [3.05, 3.63) is 12.0 Å². The van der Waals surface area contributed by atoms with E-state index in [1.165, 1.54) is 0 Å². The predicted octanol–water partition coefficient (Wildman–Crippen LogP) is 0.266. The highest BCUT2D eigenvalue weighted by atomic mass is 32.1. The second kappa shape index (κ2) is 4.67. The molecule has 1 atom stereocenters. The van der Waals surface area contributed by atoms with E-state index in [1.807, 2.05) is 7.05 Å². The summed E-state index contributed by atoms with van der Waals surface area (Å²) in [5.74, 6) is -0.849. The van der Waals surface area contributed by atoms with Crippen molar-refractivity contribution in [2.75, 3.05) is 14.1 Å². The zero-order valence-corrected chi connectivity index (χ0v) is 9.90. The van der Waals surface area contributed by atoms with Crippen molar-refractivity contribution in [1.82, 2.24) is 14.5 Å². The summed E-state index contributed by atoms with van der Waals surface area (Å²) in [4.78, 5) is 16.7. The van der Waals surface area contributed by atoms with Crippen molar-refractivity contribution in [1.29, 1.82) is 0 Å². The highest BCUT2D eigenvalue weighted by Crippen LogP contribution is 2.14. The lowest BCUT2D eigenvalue weighted by Gasteiger charge is -2.19. The van der Waals surface area contributed by atoms with E-state index >= 15 is 0 Å². The third-order valence-electron chi connectivity index (χ3n) is 2.27. The fourth-order valence-electron chi connectivity index (χ4n) is 1.29. The molecule has 0 aromatic carbocycles. The van der Waals surface area contributed by atoms with E-state index in [0.29, 0.717) is 17.1 Å². The maximum Gasteiger partial charge on any atom is 0.321 e. The van der Waals surface area contributed by atoms with Crippen LogP contribution in [0.3, 0.4) is 0 Å². The smallest absolute Gasteiger partial charge is 0.321 e. The Labute approximate surface area is 94.1 Å². The minimum Gasteiger partial charge on any atom is -0.480 e. The fourth-order valence-corrected chi connectivity index (χ4v) is 1.49. The number of nitrogens with zero attached hydrogens (tertiary/aromatic N) is 3. The van der Waals surface area contributed by atoms with Crippen molar-refractivity contribution in [2.45, 2.75) is 17.5 Å². The van der Waals surface area contributed by atoms with Gasteiger partial charge >= 0.3 is 5.97 Å². The van der Waals surface area contributed by atoms with Crippen LogP contribution in [0.2, 0.25) is 0 Å². The van der Waals surface area contributed by atoms with Gasteiger partial charge in [-0.1, -0.05) is 0 Å². The average Bonchev–Trinajstić information content (AvgIpc) is 2.43. The number of aliphatic carboxylic acids is 1. The van der Waals surface area contributed by atoms with Crippen LogP contribution in [0.15, 0.2) is 11.4 Å². The molecule has 0 saturated heterocycles. The van der Waals surface area contributed by atoms with Crippen molar-refractivity contribution in [2.24, 2.45) is 7.05 Å². The molecule has 1 aromatic heterocycles. The van der Waals surface area contributed by atoms with Crippen LogP contribution in [0.1, 0.15) is 5.69 Å². The van der Waals surface area contributed by atoms with E-state index in [2.05, 4.69) is 17.6 Å². The summed E-state index contributed by atoms with van der Waals surface area (Å²) in [6.45, 7) is 0. The van der Waals surface area contributed by atoms with Gasteiger partial charge in [0.1, 0.15) is 6.04 Å². The van der Waals surface area contributed by atoms with Gasteiger partial charge in [0.15, 0.2) is 0 Å². The van der Waals surface area contributed by atoms with Crippen LogP contribution in [-0.2, 0) is 18.3 Å². The summed E-state index contributed by atoms with van der Waals surface area (Å²) in [5.41, 5.74) is 0.710. The normalized spacial score (nSPS) is 13.1. The van der Waals surface area contributed by atoms with E-state index in [4.69, 9.17) is 5.11 Å². The largest absolute Gasteiger partial charge is 0.480 e. The zero-order chi connectivity index (χ0) is 11.6. The van der Waals surface area contributed by atoms with Crippen LogP contribution in [0.4, 0.5) is 0 Å². The molecule has 15 heavy (non-hydrogen) atoms. The minimum absolute atomic E-state index is 0.363. The standard InChI is InChI=1S/C9H15N3O2S/c1-11(2)7(9(13)14)4-6-8(15)12(3)5-10-6/h5,7,15H,4H2,1-3H3,(H,13,14). The Hall–Kier alpha value is -1.01. The number of aryl methyl sites for hydroxylation is 1. The van der Waals surface area contributed by atoms with Gasteiger partial charge in [0, 0.05) is 13.5 Å². The Morgan fingerprint density at radius 2 is 2.33 bits per heavy atom. The number of carbonyl (C=O) groups is 1. The number of hydrogen-bond donors (Lipinski definition) is 2. The van der Waals surface area contributed by atoms with E-state index in [0.717, 1.165) is 0 Å². The van der Waals surface area contributed by atoms with Crippen LogP contribution >= 0.6 is 12.6 Å². The first kappa shape index (κ1) is 12.1. The predicted molar refractivity (Wildman–Crippen MR) is 59.3 cm³/mol. The van der Waals surface area contributed by atoms with Crippen LogP contribution in [0.5, 0.6) is 0 Å². The van der Waals surface area contributed by atoms with Crippen molar-refractivity contribution < 1.29 is 9.90 Å². The first-order valence-electron chi connectivity index (χ1n) is 4.52. The molecule has 0 radical (unpaired) electrons. The van der Waals surface area contributed by atoms with Gasteiger partial charge in [0.2, 0.25) is 0 Å². The Kier molecular flexibility index (Phi) is 3.76. The molecule has 1 rings (SSSR count). The van der Waals surface area contributed by atoms with Gasteiger partial charge in [-0.25, -0.2) is 4.98 Å². The lowest BCUT2D eigenvalue weighted by molar-refractivity contribution is -0.142. The lowest BCUT2D eigenvalue weighted by Crippen LogP contribution is -2.37. The van der Waals surface area contributed by atoms with E-state index in [9.17, 15) is 4.79 Å². The molecule has 5 nitrogen and oxygen atoms in total. The van der Waals surface area contributed by atoms with Crippen LogP contribution < -0.4 is 0 Å². The maximum atomic E-state index is 11.0. The number of imidazole rings is 1. The average molecular weight is 229 g/mol. The molecular weight excluding hydrogens is 214 g/mol. The van der Waals surface area contributed by atoms with Gasteiger partial charge in [0.05, 0.1) is 17.0 Å². The van der Waals surface area contributed by atoms with E-state index in [-0.39, 0.29) is 0 Å². The van der Waals surface area contributed by atoms with Gasteiger partial charge in [-0.05, 0) is 14.1 Å². The third kappa shape index (κ3) is 2.73. The number of carboxylic acids is 1. The number of aromatic nitrogens is 2. The van der Waals surface area contributed by atoms with Crippen molar-refractivity contribution in [3.63, 3.8) is 0 Å². The maximum absolute atomic E-state index is 11.0. The molecule has 0 bridgehead atoms. The van der Waals surface area contributed by atoms with Gasteiger partial charge in [-0.2, -0.15) is 0 Å². The fraction of sp³-hybridized carbons (Fsp3) is 0.556. The number of thiol groups is 1. The Bertz CT molecular complexity index is 362. The van der Waals surface area contributed by atoms with Crippen LogP contribution in [0.25, 0.3) is 0 Å². The summed E-state index contributed by atoms with van der Waals surface area (Å²) < 4.78 is 1.76. The molecule has 84 valence electrons. The molecular formula is C9H15N3O2S. The lowest BCUT2D eigenvalue weighted by atomic mass is 10.1. The van der Waals surface area contributed by atoms with E-state index in [1.54, 1.807) is 29.9 Å².